The summed E-state index contributed by atoms with van der Waals surface area (Å²) < 4.78 is 0. The third kappa shape index (κ3) is 12.4. The molecule has 0 aliphatic heterocycles. The molecule has 200 valence electrons. The van der Waals surface area contributed by atoms with Gasteiger partial charge in [0.15, 0.2) is 0 Å². The molecule has 0 radical (unpaired) electrons. The van der Waals surface area contributed by atoms with E-state index in [1.54, 1.807) is 0 Å². The molecule has 0 saturated heterocycles. The fourth-order valence-electron chi connectivity index (χ4n) is 3.27. The summed E-state index contributed by atoms with van der Waals surface area (Å²) in [6.07, 6.45) is 0. The fraction of sp³-hybridized carbons (Fsp3) is 0.250. The van der Waals surface area contributed by atoms with Gasteiger partial charge in [-0.2, -0.15) is 21.0 Å². The van der Waals surface area contributed by atoms with Gasteiger partial charge in [-0.05, 0) is 5.92 Å². The summed E-state index contributed by atoms with van der Waals surface area (Å²) in [5.74, 6) is 0.833. The van der Waals surface area contributed by atoms with Crippen molar-refractivity contribution in [2.75, 3.05) is 0 Å². The summed E-state index contributed by atoms with van der Waals surface area (Å²) in [7, 11) is 0. The Kier molecular flexibility index (Phi) is 17.3. The largest absolute Gasteiger partial charge is 0.786 e. The van der Waals surface area contributed by atoms with Gasteiger partial charge < -0.3 is 50.5 Å². The van der Waals surface area contributed by atoms with Crippen LogP contribution in [0.3, 0.4) is 0 Å². The van der Waals surface area contributed by atoms with E-state index < -0.39 is 0 Å². The van der Waals surface area contributed by atoms with Gasteiger partial charge in [-0.3, -0.25) is 0 Å². The van der Waals surface area contributed by atoms with Gasteiger partial charge in [-0.1, -0.05) is 164 Å². The summed E-state index contributed by atoms with van der Waals surface area (Å²) in [5.41, 5.74) is 4.51. The first kappa shape index (κ1) is 33.8. The minimum absolute atomic E-state index is 0. The predicted molar refractivity (Wildman–Crippen MR) is 167 cm³/mol. The molecule has 0 bridgehead atoms. The minimum Gasteiger partial charge on any atom is -0.786 e. The van der Waals surface area contributed by atoms with Crippen LogP contribution in [0.15, 0.2) is 121 Å². The van der Waals surface area contributed by atoms with Crippen molar-refractivity contribution in [1.82, 2.24) is 0 Å². The summed E-state index contributed by atoms with van der Waals surface area (Å²) in [6.45, 7) is 6.50. The Bertz CT molecular complexity index is 900. The zero-order chi connectivity index (χ0) is 26.3. The molecule has 0 spiro atoms. The second-order valence-electron chi connectivity index (χ2n) is 9.06. The second-order valence-corrected chi connectivity index (χ2v) is 11.1. The van der Waals surface area contributed by atoms with Crippen LogP contribution in [0, 0.1) is 5.92 Å². The standard InChI is InChI=1S/2C14H14S2.C4H10.Ni/c2*15-13(11-7-3-1-4-8-11)14(16)12-9-5-2-6-10-12;1-4(2)3;/h2*1-10,13-16H;4H,1-3H3;/p-4. The van der Waals surface area contributed by atoms with Crippen LogP contribution in [0.25, 0.3) is 0 Å². The van der Waals surface area contributed by atoms with Gasteiger partial charge in [0.1, 0.15) is 0 Å². The molecule has 0 N–H and O–H groups in total. The van der Waals surface area contributed by atoms with Gasteiger partial charge in [-0.25, -0.2) is 0 Å². The van der Waals surface area contributed by atoms with Crippen molar-refractivity contribution in [2.45, 2.75) is 41.8 Å². The van der Waals surface area contributed by atoms with E-state index in [0.717, 1.165) is 28.2 Å². The van der Waals surface area contributed by atoms with Crippen molar-refractivity contribution in [3.63, 3.8) is 0 Å². The van der Waals surface area contributed by atoms with Crippen LogP contribution in [0.1, 0.15) is 64.0 Å². The molecular formula is C32H34NiS4-4. The van der Waals surface area contributed by atoms with E-state index in [0.29, 0.717) is 0 Å². The molecule has 4 rings (SSSR count). The molecule has 4 atom stereocenters. The normalized spacial score (nSPS) is 13.4. The molecule has 0 fully saturated rings. The minimum atomic E-state index is -0.0430. The van der Waals surface area contributed by atoms with E-state index >= 15 is 0 Å². The molecule has 0 amide bonds. The van der Waals surface area contributed by atoms with Crippen LogP contribution in [0.2, 0.25) is 0 Å². The molecule has 0 aliphatic carbocycles. The third-order valence-corrected chi connectivity index (χ3v) is 7.58. The number of hydrogen-bond donors (Lipinski definition) is 0. The first-order valence-electron chi connectivity index (χ1n) is 12.1. The molecule has 0 heterocycles. The SMILES string of the molecule is CC(C)C.[Ni].[S-]C(c1ccccc1)C([S-])c1ccccc1.[S-]C(c1ccccc1)C([S-])c1ccccc1. The molecule has 5 heteroatoms. The van der Waals surface area contributed by atoms with Crippen LogP contribution in [-0.2, 0) is 67.0 Å². The van der Waals surface area contributed by atoms with Gasteiger partial charge >= 0.3 is 0 Å². The van der Waals surface area contributed by atoms with Crippen LogP contribution in [0.5, 0.6) is 0 Å². The topological polar surface area (TPSA) is 0 Å². The summed E-state index contributed by atoms with van der Waals surface area (Å²) in [4.78, 5) is 0. The predicted octanol–water partition coefficient (Wildman–Crippen LogP) is 8.79. The molecule has 4 unspecified atom stereocenters. The van der Waals surface area contributed by atoms with Crippen LogP contribution < -0.4 is 0 Å². The summed E-state index contributed by atoms with van der Waals surface area (Å²) in [6, 6.07) is 40.3. The van der Waals surface area contributed by atoms with Crippen LogP contribution in [-0.4, -0.2) is 0 Å². The maximum absolute atomic E-state index is 5.50. The van der Waals surface area contributed by atoms with Gasteiger partial charge in [0, 0.05) is 16.5 Å². The molecular weight excluding hydrogens is 571 g/mol. The van der Waals surface area contributed by atoms with Crippen LogP contribution in [0.4, 0.5) is 0 Å². The van der Waals surface area contributed by atoms with Crippen molar-refractivity contribution >= 4 is 50.5 Å². The Morgan fingerprint density at radius 3 is 0.622 bits per heavy atom. The maximum Gasteiger partial charge on any atom is 0 e. The first-order chi connectivity index (χ1) is 17.3. The van der Waals surface area contributed by atoms with Crippen molar-refractivity contribution < 1.29 is 16.5 Å². The molecule has 0 aliphatic rings. The molecule has 0 aromatic heterocycles. The van der Waals surface area contributed by atoms with Crippen molar-refractivity contribution in [3.8, 4) is 0 Å². The van der Waals surface area contributed by atoms with Gasteiger partial charge in [-0.15, -0.1) is 0 Å². The van der Waals surface area contributed by atoms with E-state index in [9.17, 15) is 0 Å². The quantitative estimate of drug-likeness (QED) is 0.159. The van der Waals surface area contributed by atoms with Crippen molar-refractivity contribution in [1.29, 1.82) is 0 Å². The Morgan fingerprint density at radius 1 is 0.351 bits per heavy atom. The summed E-state index contributed by atoms with van der Waals surface area (Å²) >= 11 is 22.0. The monoisotopic (exact) mass is 604 g/mol. The van der Waals surface area contributed by atoms with E-state index in [-0.39, 0.29) is 37.5 Å². The molecule has 37 heavy (non-hydrogen) atoms. The van der Waals surface area contributed by atoms with Gasteiger partial charge in [0.2, 0.25) is 0 Å². The number of benzene rings is 4. The van der Waals surface area contributed by atoms with E-state index in [2.05, 4.69) is 20.8 Å². The van der Waals surface area contributed by atoms with Gasteiger partial charge in [0.05, 0.1) is 0 Å². The molecule has 0 saturated carbocycles. The number of rotatable bonds is 6. The van der Waals surface area contributed by atoms with Crippen molar-refractivity contribution in [2.24, 2.45) is 5.92 Å². The van der Waals surface area contributed by atoms with Gasteiger partial charge in [0.25, 0.3) is 0 Å². The Morgan fingerprint density at radius 2 is 0.486 bits per heavy atom. The van der Waals surface area contributed by atoms with Crippen molar-refractivity contribution in [3.05, 3.63) is 144 Å². The smallest absolute Gasteiger partial charge is 0 e. The first-order valence-corrected chi connectivity index (χ1v) is 14.0. The zero-order valence-electron chi connectivity index (χ0n) is 21.4. The molecule has 0 nitrogen and oxygen atoms in total. The third-order valence-electron chi connectivity index (χ3n) is 5.06. The summed E-state index contributed by atoms with van der Waals surface area (Å²) in [5, 5.41) is -0.172. The van der Waals surface area contributed by atoms with E-state index in [1.165, 1.54) is 0 Å². The van der Waals surface area contributed by atoms with E-state index in [1.807, 2.05) is 121 Å². The second kappa shape index (κ2) is 18.9. The van der Waals surface area contributed by atoms with Crippen LogP contribution >= 0.6 is 0 Å². The average molecular weight is 606 g/mol. The molecule has 4 aromatic rings. The Labute approximate surface area is 256 Å². The Balaban J connectivity index is 0.000000316. The number of hydrogen-bond acceptors (Lipinski definition) is 4. The Hall–Kier alpha value is -1.23. The average Bonchev–Trinajstić information content (AvgIpc) is 2.93. The molecule has 4 aromatic carbocycles. The fourth-order valence-corrected chi connectivity index (χ4v) is 4.53. The van der Waals surface area contributed by atoms with E-state index in [4.69, 9.17) is 50.5 Å². The zero-order valence-corrected chi connectivity index (χ0v) is 25.6. The maximum atomic E-state index is 5.50.